The first-order valence-electron chi connectivity index (χ1n) is 5.96. The first-order chi connectivity index (χ1) is 9.11. The van der Waals surface area contributed by atoms with E-state index in [1.165, 1.54) is 6.26 Å². The van der Waals surface area contributed by atoms with Crippen molar-refractivity contribution in [2.24, 2.45) is 11.8 Å². The van der Waals surface area contributed by atoms with Crippen molar-refractivity contribution in [3.8, 4) is 0 Å². The van der Waals surface area contributed by atoms with Crippen molar-refractivity contribution < 1.29 is 19.1 Å². The molecule has 3 rings (SSSR count). The van der Waals surface area contributed by atoms with Crippen molar-refractivity contribution in [2.45, 2.75) is 6.42 Å². The van der Waals surface area contributed by atoms with Crippen molar-refractivity contribution in [3.05, 3.63) is 35.0 Å². The van der Waals surface area contributed by atoms with Crippen LogP contribution in [0.5, 0.6) is 0 Å². The Bertz CT molecular complexity index is 673. The monoisotopic (exact) mass is 278 g/mol. The fourth-order valence-corrected chi connectivity index (χ4v) is 2.62. The number of hydrogen-bond acceptors (Lipinski definition) is 4. The van der Waals surface area contributed by atoms with Gasteiger partial charge in [-0.3, -0.25) is 9.59 Å². The highest BCUT2D eigenvalue weighted by Crippen LogP contribution is 2.42. The lowest BCUT2D eigenvalue weighted by Crippen LogP contribution is -2.11. The summed E-state index contributed by atoms with van der Waals surface area (Å²) >= 11 is 6.05. The van der Waals surface area contributed by atoms with Gasteiger partial charge in [0.1, 0.15) is 6.61 Å². The largest absolute Gasteiger partial charge is 0.463 e. The number of aliphatic hydroxyl groups excluding tert-OH is 1. The predicted molar refractivity (Wildman–Crippen MR) is 69.2 cm³/mol. The van der Waals surface area contributed by atoms with E-state index in [-0.39, 0.29) is 23.4 Å². The second-order valence-electron chi connectivity index (χ2n) is 4.73. The fourth-order valence-electron chi connectivity index (χ4n) is 2.35. The maximum atomic E-state index is 12.2. The lowest BCUT2D eigenvalue weighted by Gasteiger charge is -2.01. The lowest BCUT2D eigenvalue weighted by atomic mass is 10.0. The van der Waals surface area contributed by atoms with Crippen LogP contribution in [0.1, 0.15) is 16.8 Å². The van der Waals surface area contributed by atoms with Gasteiger partial charge in [-0.2, -0.15) is 0 Å². The van der Waals surface area contributed by atoms with E-state index in [2.05, 4.69) is 0 Å². The minimum Gasteiger partial charge on any atom is -0.463 e. The fraction of sp³-hybridized carbons (Fsp3) is 0.286. The zero-order chi connectivity index (χ0) is 13.6. The van der Waals surface area contributed by atoms with Gasteiger partial charge in [-0.1, -0.05) is 11.6 Å². The van der Waals surface area contributed by atoms with Gasteiger partial charge >= 0.3 is 0 Å². The molecule has 1 aliphatic carbocycles. The van der Waals surface area contributed by atoms with E-state index in [1.54, 1.807) is 18.2 Å². The summed E-state index contributed by atoms with van der Waals surface area (Å²) in [5.41, 5.74) is 1.04. The van der Waals surface area contributed by atoms with Crippen LogP contribution in [0, 0.1) is 11.8 Å². The molecule has 0 amide bonds. The Kier molecular flexibility index (Phi) is 2.92. The van der Waals surface area contributed by atoms with Gasteiger partial charge in [-0.05, 0) is 24.6 Å². The van der Waals surface area contributed by atoms with Gasteiger partial charge in [0.15, 0.2) is 17.1 Å². The van der Waals surface area contributed by atoms with Crippen LogP contribution in [0.4, 0.5) is 0 Å². The van der Waals surface area contributed by atoms with Crippen LogP contribution in [-0.4, -0.2) is 23.3 Å². The van der Waals surface area contributed by atoms with Crippen molar-refractivity contribution in [1.29, 1.82) is 0 Å². The number of carbonyl (C=O) groups excluding carboxylic acids is 2. The molecule has 1 fully saturated rings. The smallest absolute Gasteiger partial charge is 0.166 e. The predicted octanol–water partition coefficient (Wildman–Crippen LogP) is 2.47. The topological polar surface area (TPSA) is 67.5 Å². The van der Waals surface area contributed by atoms with E-state index < -0.39 is 6.61 Å². The number of furan rings is 1. The number of ketones is 2. The number of aliphatic hydroxyl groups is 1. The molecule has 1 aliphatic rings. The Morgan fingerprint density at radius 1 is 1.37 bits per heavy atom. The summed E-state index contributed by atoms with van der Waals surface area (Å²) in [6.07, 6.45) is 2.03. The third-order valence-corrected chi connectivity index (χ3v) is 3.77. The summed E-state index contributed by atoms with van der Waals surface area (Å²) in [5, 5.41) is 9.93. The minimum absolute atomic E-state index is 0.100. The maximum absolute atomic E-state index is 12.2. The number of carbonyl (C=O) groups is 2. The molecule has 2 atom stereocenters. The highest BCUT2D eigenvalue weighted by Gasteiger charge is 2.47. The Balaban J connectivity index is 1.89. The van der Waals surface area contributed by atoms with Gasteiger partial charge in [-0.25, -0.2) is 0 Å². The highest BCUT2D eigenvalue weighted by molar-refractivity contribution is 6.35. The van der Waals surface area contributed by atoms with Crippen LogP contribution in [0.2, 0.25) is 5.02 Å². The zero-order valence-corrected chi connectivity index (χ0v) is 10.7. The number of fused-ring (bicyclic) bond motifs is 1. The van der Waals surface area contributed by atoms with Gasteiger partial charge in [0, 0.05) is 22.8 Å². The van der Waals surface area contributed by atoms with Gasteiger partial charge in [0.2, 0.25) is 0 Å². The molecule has 0 bridgehead atoms. The van der Waals surface area contributed by atoms with Crippen molar-refractivity contribution >= 4 is 34.1 Å². The van der Waals surface area contributed by atoms with Crippen molar-refractivity contribution in [1.82, 2.24) is 0 Å². The first kappa shape index (κ1) is 12.4. The molecule has 5 heteroatoms. The number of Topliss-reactive ketones (excluding diaryl/α,β-unsaturated/α-hetero) is 2. The van der Waals surface area contributed by atoms with Crippen LogP contribution < -0.4 is 0 Å². The molecule has 19 heavy (non-hydrogen) atoms. The first-order valence-corrected chi connectivity index (χ1v) is 6.34. The van der Waals surface area contributed by atoms with E-state index in [0.29, 0.717) is 22.6 Å². The third-order valence-electron chi connectivity index (χ3n) is 3.49. The molecule has 2 aromatic rings. The molecule has 0 aliphatic heterocycles. The molecule has 1 heterocycles. The molecule has 0 spiro atoms. The summed E-state index contributed by atoms with van der Waals surface area (Å²) in [7, 11) is 0. The average Bonchev–Trinajstić information content (AvgIpc) is 3.06. The van der Waals surface area contributed by atoms with E-state index in [0.717, 1.165) is 5.39 Å². The molecular weight excluding hydrogens is 268 g/mol. The van der Waals surface area contributed by atoms with Crippen LogP contribution in [0.25, 0.3) is 11.0 Å². The van der Waals surface area contributed by atoms with Crippen molar-refractivity contribution in [3.63, 3.8) is 0 Å². The highest BCUT2D eigenvalue weighted by atomic mass is 35.5. The van der Waals surface area contributed by atoms with E-state index >= 15 is 0 Å². The molecular formula is C14H11ClO4. The lowest BCUT2D eigenvalue weighted by molar-refractivity contribution is -0.123. The van der Waals surface area contributed by atoms with E-state index in [4.69, 9.17) is 21.1 Å². The molecule has 98 valence electrons. The number of hydrogen-bond donors (Lipinski definition) is 1. The summed E-state index contributed by atoms with van der Waals surface area (Å²) in [4.78, 5) is 23.5. The number of halogens is 1. The van der Waals surface area contributed by atoms with Gasteiger partial charge in [0.05, 0.1) is 11.3 Å². The second-order valence-corrected chi connectivity index (χ2v) is 5.14. The third kappa shape index (κ3) is 2.07. The molecule has 1 saturated carbocycles. The second kappa shape index (κ2) is 4.47. The summed E-state index contributed by atoms with van der Waals surface area (Å²) < 4.78 is 5.21. The standard InChI is InChI=1S/C14H11ClO4/c15-11-4-8(3-7-1-2-19-14(7)11)13(18)10-5-9(10)12(17)6-16/h1-4,9-10,16H,5-6H2/t9-,10-/m0/s1. The Labute approximate surface area is 114 Å². The molecule has 1 N–H and O–H groups in total. The summed E-state index contributed by atoms with van der Waals surface area (Å²) in [6, 6.07) is 5.02. The molecule has 4 nitrogen and oxygen atoms in total. The summed E-state index contributed by atoms with van der Waals surface area (Å²) in [6.45, 7) is -0.504. The van der Waals surface area contributed by atoms with Crippen LogP contribution in [-0.2, 0) is 4.79 Å². The van der Waals surface area contributed by atoms with Crippen LogP contribution >= 0.6 is 11.6 Å². The summed E-state index contributed by atoms with van der Waals surface area (Å²) in [5.74, 6) is -1.03. The molecule has 1 aromatic carbocycles. The molecule has 0 unspecified atom stereocenters. The quantitative estimate of drug-likeness (QED) is 0.873. The van der Waals surface area contributed by atoms with Crippen LogP contribution in [0.15, 0.2) is 28.9 Å². The Hall–Kier alpha value is -1.65. The van der Waals surface area contributed by atoms with E-state index in [1.807, 2.05) is 0 Å². The number of benzene rings is 1. The maximum Gasteiger partial charge on any atom is 0.166 e. The van der Waals surface area contributed by atoms with Gasteiger partial charge < -0.3 is 9.52 Å². The van der Waals surface area contributed by atoms with Gasteiger partial charge in [-0.15, -0.1) is 0 Å². The molecule has 1 aromatic heterocycles. The van der Waals surface area contributed by atoms with Crippen molar-refractivity contribution in [2.75, 3.05) is 6.61 Å². The van der Waals surface area contributed by atoms with Crippen LogP contribution in [0.3, 0.4) is 0 Å². The zero-order valence-electron chi connectivity index (χ0n) is 9.93. The SMILES string of the molecule is O=C(CO)[C@H]1C[C@@H]1C(=O)c1cc(Cl)c2occc2c1. The molecule has 0 saturated heterocycles. The van der Waals surface area contributed by atoms with Gasteiger partial charge in [0.25, 0.3) is 0 Å². The Morgan fingerprint density at radius 2 is 2.16 bits per heavy atom. The molecule has 0 radical (unpaired) electrons. The number of rotatable bonds is 4. The minimum atomic E-state index is -0.504. The Morgan fingerprint density at radius 3 is 2.89 bits per heavy atom. The average molecular weight is 279 g/mol. The van der Waals surface area contributed by atoms with E-state index in [9.17, 15) is 9.59 Å². The normalized spacial score (nSPS) is 21.6.